The maximum Gasteiger partial charge on any atom is 0.236 e. The number of nitrogens with one attached hydrogen (secondary N) is 1. The molecule has 5 aromatic rings. The zero-order valence-electron chi connectivity index (χ0n) is 17.0. The van der Waals surface area contributed by atoms with Gasteiger partial charge in [0.25, 0.3) is 0 Å². The van der Waals surface area contributed by atoms with Gasteiger partial charge in [-0.15, -0.1) is 10.2 Å². The van der Waals surface area contributed by atoms with E-state index in [2.05, 4.69) is 32.6 Å². The Hall–Kier alpha value is -3.17. The lowest BCUT2D eigenvalue weighted by Gasteiger charge is -2.06. The minimum atomic E-state index is -0.136. The van der Waals surface area contributed by atoms with Crippen LogP contribution < -0.4 is 10.1 Å². The number of para-hydroxylation sites is 1. The molecule has 0 aliphatic heterocycles. The number of carbonyl (C=O) groups is 1. The summed E-state index contributed by atoms with van der Waals surface area (Å²) in [5, 5.41) is 13.9. The number of rotatable bonds is 6. The lowest BCUT2D eigenvalue weighted by atomic mass is 10.1. The Balaban J connectivity index is 1.34. The van der Waals surface area contributed by atoms with Gasteiger partial charge in [-0.25, -0.2) is 4.98 Å². The smallest absolute Gasteiger partial charge is 0.236 e. The van der Waals surface area contributed by atoms with Crippen molar-refractivity contribution in [1.29, 1.82) is 0 Å². The Morgan fingerprint density at radius 1 is 1.19 bits per heavy atom. The molecular formula is C22H19N5O2S2. The number of hydrogen-bond acceptors (Lipinski definition) is 7. The van der Waals surface area contributed by atoms with Crippen LogP contribution >= 0.6 is 23.1 Å². The molecule has 3 aromatic heterocycles. The van der Waals surface area contributed by atoms with Crippen LogP contribution in [-0.4, -0.2) is 37.8 Å². The third-order valence-electron chi connectivity index (χ3n) is 4.79. The average molecular weight is 450 g/mol. The molecule has 0 fully saturated rings. The number of ether oxygens (including phenoxy) is 1. The normalized spacial score (nSPS) is 11.4. The van der Waals surface area contributed by atoms with Crippen molar-refractivity contribution >= 4 is 60.9 Å². The van der Waals surface area contributed by atoms with Crippen molar-refractivity contribution in [2.75, 3.05) is 17.7 Å². The van der Waals surface area contributed by atoms with E-state index < -0.39 is 0 Å². The maximum absolute atomic E-state index is 12.6. The molecule has 7 nitrogen and oxygen atoms in total. The number of anilines is 1. The first kappa shape index (κ1) is 19.8. The van der Waals surface area contributed by atoms with E-state index in [9.17, 15) is 4.79 Å². The molecule has 0 saturated heterocycles. The van der Waals surface area contributed by atoms with Gasteiger partial charge in [-0.05, 0) is 55.1 Å². The van der Waals surface area contributed by atoms with Gasteiger partial charge >= 0.3 is 0 Å². The van der Waals surface area contributed by atoms with E-state index in [4.69, 9.17) is 4.74 Å². The average Bonchev–Trinajstić information content (AvgIpc) is 3.36. The van der Waals surface area contributed by atoms with Crippen LogP contribution in [0.1, 0.15) is 12.5 Å². The second-order valence-electron chi connectivity index (χ2n) is 6.95. The van der Waals surface area contributed by atoms with E-state index in [1.54, 1.807) is 0 Å². The van der Waals surface area contributed by atoms with Gasteiger partial charge in [0.05, 0.1) is 28.1 Å². The molecule has 1 N–H and O–H groups in total. The van der Waals surface area contributed by atoms with Gasteiger partial charge in [0.1, 0.15) is 5.75 Å². The summed E-state index contributed by atoms with van der Waals surface area (Å²) in [4.78, 5) is 17.1. The summed E-state index contributed by atoms with van der Waals surface area (Å²) < 4.78 is 8.51. The molecule has 5 rings (SSSR count). The summed E-state index contributed by atoms with van der Waals surface area (Å²) in [6.07, 6.45) is 0. The highest BCUT2D eigenvalue weighted by molar-refractivity contribution is 7.99. The fourth-order valence-corrected chi connectivity index (χ4v) is 5.10. The summed E-state index contributed by atoms with van der Waals surface area (Å²) in [5.74, 6) is 0.875. The van der Waals surface area contributed by atoms with E-state index in [0.717, 1.165) is 38.1 Å². The lowest BCUT2D eigenvalue weighted by molar-refractivity contribution is -0.113. The van der Waals surface area contributed by atoms with Crippen LogP contribution in [0.4, 0.5) is 5.13 Å². The van der Waals surface area contributed by atoms with Crippen molar-refractivity contribution in [1.82, 2.24) is 19.6 Å². The monoisotopic (exact) mass is 449 g/mol. The number of hydrogen-bond donors (Lipinski definition) is 1. The van der Waals surface area contributed by atoms with Gasteiger partial charge in [0.15, 0.2) is 15.9 Å². The molecule has 0 radical (unpaired) electrons. The quantitative estimate of drug-likeness (QED) is 0.370. The van der Waals surface area contributed by atoms with Crippen molar-refractivity contribution in [3.63, 3.8) is 0 Å². The molecule has 9 heteroatoms. The van der Waals surface area contributed by atoms with Gasteiger partial charge < -0.3 is 10.1 Å². The fraction of sp³-hybridized carbons (Fsp3) is 0.182. The highest BCUT2D eigenvalue weighted by Crippen LogP contribution is 2.30. The number of benzene rings is 2. The predicted molar refractivity (Wildman–Crippen MR) is 125 cm³/mol. The first-order chi connectivity index (χ1) is 15.1. The number of thioether (sulfide) groups is 1. The number of aryl methyl sites for hydroxylation is 1. The second kappa shape index (κ2) is 8.16. The molecule has 31 heavy (non-hydrogen) atoms. The summed E-state index contributed by atoms with van der Waals surface area (Å²) in [6, 6.07) is 15.9. The van der Waals surface area contributed by atoms with E-state index in [0.29, 0.717) is 16.9 Å². The zero-order chi connectivity index (χ0) is 21.4. The van der Waals surface area contributed by atoms with Crippen LogP contribution in [0, 0.1) is 6.92 Å². The van der Waals surface area contributed by atoms with Gasteiger partial charge in [-0.2, -0.15) is 0 Å². The van der Waals surface area contributed by atoms with Crippen LogP contribution in [0.25, 0.3) is 26.8 Å². The number of pyridine rings is 1. The number of aromatic nitrogens is 4. The molecule has 0 saturated carbocycles. The van der Waals surface area contributed by atoms with E-state index in [1.165, 1.54) is 23.1 Å². The summed E-state index contributed by atoms with van der Waals surface area (Å²) in [6.45, 7) is 4.57. The Kier molecular flexibility index (Phi) is 5.21. The number of thiazole rings is 1. The lowest BCUT2D eigenvalue weighted by Crippen LogP contribution is -2.14. The van der Waals surface area contributed by atoms with Crippen LogP contribution in [0.15, 0.2) is 53.7 Å². The van der Waals surface area contributed by atoms with Crippen molar-refractivity contribution in [3.05, 3.63) is 54.1 Å². The van der Waals surface area contributed by atoms with Crippen LogP contribution in [0.2, 0.25) is 0 Å². The minimum Gasteiger partial charge on any atom is -0.494 e. The molecule has 0 bridgehead atoms. The molecular weight excluding hydrogens is 430 g/mol. The molecule has 1 amide bonds. The molecule has 0 aliphatic rings. The highest BCUT2D eigenvalue weighted by atomic mass is 32.2. The molecule has 0 spiro atoms. The van der Waals surface area contributed by atoms with Crippen LogP contribution in [0.3, 0.4) is 0 Å². The SMILES string of the molecule is CCOc1ccc2nc(NC(=O)CSc3nnc4c(C)cc5ccccc5n34)sc2c1. The topological polar surface area (TPSA) is 81.4 Å². The maximum atomic E-state index is 12.6. The summed E-state index contributed by atoms with van der Waals surface area (Å²) in [7, 11) is 0. The minimum absolute atomic E-state index is 0.136. The molecule has 156 valence electrons. The van der Waals surface area contributed by atoms with Crippen molar-refractivity contribution in [3.8, 4) is 5.75 Å². The second-order valence-corrected chi connectivity index (χ2v) is 8.92. The fourth-order valence-electron chi connectivity index (χ4n) is 3.45. The summed E-state index contributed by atoms with van der Waals surface area (Å²) in [5.41, 5.74) is 3.70. The van der Waals surface area contributed by atoms with Gasteiger partial charge in [0, 0.05) is 0 Å². The standard InChI is InChI=1S/C22H19N5O2S2/c1-3-29-15-8-9-16-18(11-15)31-21(23-16)24-19(28)12-30-22-26-25-20-13(2)10-14-6-4-5-7-17(14)27(20)22/h4-11H,3,12H2,1-2H3,(H,23,24,28). The molecule has 2 aromatic carbocycles. The van der Waals surface area contributed by atoms with Gasteiger partial charge in [0.2, 0.25) is 5.91 Å². The molecule has 3 heterocycles. The van der Waals surface area contributed by atoms with Gasteiger partial charge in [-0.1, -0.05) is 41.3 Å². The number of fused-ring (bicyclic) bond motifs is 4. The molecule has 0 atom stereocenters. The Bertz CT molecular complexity index is 1430. The van der Waals surface area contributed by atoms with E-state index >= 15 is 0 Å². The largest absolute Gasteiger partial charge is 0.494 e. The first-order valence-electron chi connectivity index (χ1n) is 9.82. The number of nitrogens with zero attached hydrogens (tertiary/aromatic N) is 4. The summed E-state index contributed by atoms with van der Waals surface area (Å²) >= 11 is 2.79. The number of amides is 1. The van der Waals surface area contributed by atoms with Gasteiger partial charge in [-0.3, -0.25) is 9.20 Å². The van der Waals surface area contributed by atoms with Crippen molar-refractivity contribution < 1.29 is 9.53 Å². The van der Waals surface area contributed by atoms with E-state index in [1.807, 2.05) is 54.6 Å². The zero-order valence-corrected chi connectivity index (χ0v) is 18.6. The molecule has 0 unspecified atom stereocenters. The van der Waals surface area contributed by atoms with Crippen molar-refractivity contribution in [2.45, 2.75) is 19.0 Å². The Labute approximate surface area is 186 Å². The highest BCUT2D eigenvalue weighted by Gasteiger charge is 2.15. The van der Waals surface area contributed by atoms with Crippen LogP contribution in [0.5, 0.6) is 5.75 Å². The van der Waals surface area contributed by atoms with Crippen molar-refractivity contribution in [2.24, 2.45) is 0 Å². The Morgan fingerprint density at radius 3 is 2.94 bits per heavy atom. The third kappa shape index (κ3) is 3.82. The first-order valence-corrected chi connectivity index (χ1v) is 11.6. The third-order valence-corrected chi connectivity index (χ3v) is 6.65. The predicted octanol–water partition coefficient (Wildman–Crippen LogP) is 4.93. The number of carbonyl (C=O) groups excluding carboxylic acids is 1. The Morgan fingerprint density at radius 2 is 2.06 bits per heavy atom. The van der Waals surface area contributed by atoms with E-state index in [-0.39, 0.29) is 11.7 Å². The van der Waals surface area contributed by atoms with Crippen LogP contribution in [-0.2, 0) is 4.79 Å². The molecule has 0 aliphatic carbocycles.